The van der Waals surface area contributed by atoms with Gasteiger partial charge in [-0.3, -0.25) is 4.79 Å². The lowest BCUT2D eigenvalue weighted by atomic mass is 9.95. The Kier molecular flexibility index (Phi) is 3.79. The van der Waals surface area contributed by atoms with Crippen LogP contribution in [0, 0.1) is 26.6 Å². The summed E-state index contributed by atoms with van der Waals surface area (Å²) in [6, 6.07) is 10.3. The summed E-state index contributed by atoms with van der Waals surface area (Å²) in [5.41, 5.74) is 4.34. The number of carbonyl (C=O) groups is 1. The highest BCUT2D eigenvalue weighted by Gasteiger charge is 2.13. The van der Waals surface area contributed by atoms with Gasteiger partial charge in [0.25, 0.3) is 0 Å². The van der Waals surface area contributed by atoms with Gasteiger partial charge in [0.05, 0.1) is 0 Å². The minimum absolute atomic E-state index is 0.0364. The van der Waals surface area contributed by atoms with Crippen molar-refractivity contribution in [1.29, 1.82) is 0 Å². The van der Waals surface area contributed by atoms with Gasteiger partial charge >= 0.3 is 0 Å². The maximum Gasteiger partial charge on any atom is 0.167 e. The third kappa shape index (κ3) is 2.90. The van der Waals surface area contributed by atoms with Gasteiger partial charge in [-0.25, -0.2) is 4.39 Å². The first-order chi connectivity index (χ1) is 8.99. The molecule has 0 aromatic heterocycles. The third-order valence-electron chi connectivity index (χ3n) is 3.45. The van der Waals surface area contributed by atoms with E-state index in [1.807, 2.05) is 32.9 Å². The molecule has 0 atom stereocenters. The number of carbonyl (C=O) groups excluding carboxylic acids is 1. The van der Waals surface area contributed by atoms with Crippen LogP contribution in [0.1, 0.15) is 32.6 Å². The Morgan fingerprint density at radius 1 is 1.00 bits per heavy atom. The largest absolute Gasteiger partial charge is 0.294 e. The van der Waals surface area contributed by atoms with Crippen LogP contribution in [0.25, 0.3) is 0 Å². The topological polar surface area (TPSA) is 17.1 Å². The first-order valence-corrected chi connectivity index (χ1v) is 6.33. The second kappa shape index (κ2) is 5.35. The van der Waals surface area contributed by atoms with Crippen LogP contribution in [-0.4, -0.2) is 5.78 Å². The highest BCUT2D eigenvalue weighted by Crippen LogP contribution is 2.18. The van der Waals surface area contributed by atoms with E-state index in [-0.39, 0.29) is 18.0 Å². The summed E-state index contributed by atoms with van der Waals surface area (Å²) in [5.74, 6) is -0.358. The Morgan fingerprint density at radius 3 is 2.32 bits per heavy atom. The van der Waals surface area contributed by atoms with Gasteiger partial charge in [0.15, 0.2) is 5.78 Å². The van der Waals surface area contributed by atoms with Crippen LogP contribution in [0.2, 0.25) is 0 Å². The molecule has 2 aromatic carbocycles. The zero-order valence-electron chi connectivity index (χ0n) is 11.5. The molecule has 2 rings (SSSR count). The molecule has 0 aliphatic rings. The summed E-state index contributed by atoms with van der Waals surface area (Å²) in [4.78, 5) is 12.3. The Hall–Kier alpha value is -1.96. The van der Waals surface area contributed by atoms with Crippen molar-refractivity contribution in [3.8, 4) is 0 Å². The Bertz CT molecular complexity index is 629. The zero-order valence-corrected chi connectivity index (χ0v) is 11.5. The summed E-state index contributed by atoms with van der Waals surface area (Å²) in [6.07, 6.45) is 0.107. The van der Waals surface area contributed by atoms with Gasteiger partial charge in [0, 0.05) is 12.0 Å². The standard InChI is InChI=1S/C17H17FO/c1-11-8-13(3)15(9-12(11)2)17(19)10-14-6-4-5-7-16(14)18/h4-9H,10H2,1-3H3. The van der Waals surface area contributed by atoms with Gasteiger partial charge in [-0.2, -0.15) is 0 Å². The molecule has 2 aromatic rings. The quantitative estimate of drug-likeness (QED) is 0.753. The van der Waals surface area contributed by atoms with E-state index in [4.69, 9.17) is 0 Å². The van der Waals surface area contributed by atoms with E-state index in [0.29, 0.717) is 11.1 Å². The van der Waals surface area contributed by atoms with E-state index in [2.05, 4.69) is 0 Å². The fourth-order valence-electron chi connectivity index (χ4n) is 2.17. The molecule has 1 nitrogen and oxygen atoms in total. The molecule has 0 saturated carbocycles. The van der Waals surface area contributed by atoms with E-state index in [1.54, 1.807) is 18.2 Å². The lowest BCUT2D eigenvalue weighted by Gasteiger charge is -2.09. The number of ketones is 1. The molecule has 0 unspecified atom stereocenters. The van der Waals surface area contributed by atoms with Crippen LogP contribution in [-0.2, 0) is 6.42 Å². The molecule has 0 aliphatic carbocycles. The number of benzene rings is 2. The maximum absolute atomic E-state index is 13.6. The van der Waals surface area contributed by atoms with Gasteiger partial charge in [-0.15, -0.1) is 0 Å². The number of hydrogen-bond acceptors (Lipinski definition) is 1. The number of Topliss-reactive ketones (excluding diaryl/α,β-unsaturated/α-hetero) is 1. The smallest absolute Gasteiger partial charge is 0.167 e. The van der Waals surface area contributed by atoms with Gasteiger partial charge in [0.2, 0.25) is 0 Å². The lowest BCUT2D eigenvalue weighted by molar-refractivity contribution is 0.0991. The first kappa shape index (κ1) is 13.5. The molecular formula is C17H17FO. The van der Waals surface area contributed by atoms with Gasteiger partial charge < -0.3 is 0 Å². The first-order valence-electron chi connectivity index (χ1n) is 6.33. The molecule has 0 saturated heterocycles. The second-order valence-corrected chi connectivity index (χ2v) is 4.94. The van der Waals surface area contributed by atoms with Crippen molar-refractivity contribution in [2.45, 2.75) is 27.2 Å². The van der Waals surface area contributed by atoms with Gasteiger partial charge in [-0.05, 0) is 55.2 Å². The number of rotatable bonds is 3. The van der Waals surface area contributed by atoms with Crippen LogP contribution >= 0.6 is 0 Å². The van der Waals surface area contributed by atoms with Crippen molar-refractivity contribution in [2.24, 2.45) is 0 Å². The minimum Gasteiger partial charge on any atom is -0.294 e. The van der Waals surface area contributed by atoms with Crippen LogP contribution in [0.15, 0.2) is 36.4 Å². The molecule has 0 N–H and O–H groups in total. The van der Waals surface area contributed by atoms with E-state index in [0.717, 1.165) is 11.1 Å². The predicted molar refractivity (Wildman–Crippen MR) is 75.1 cm³/mol. The molecular weight excluding hydrogens is 239 g/mol. The molecule has 19 heavy (non-hydrogen) atoms. The molecule has 0 aliphatic heterocycles. The molecule has 0 heterocycles. The molecule has 0 bridgehead atoms. The summed E-state index contributed by atoms with van der Waals surface area (Å²) >= 11 is 0. The molecule has 0 radical (unpaired) electrons. The second-order valence-electron chi connectivity index (χ2n) is 4.94. The molecule has 0 spiro atoms. The minimum atomic E-state index is -0.322. The average Bonchev–Trinajstić information content (AvgIpc) is 2.36. The van der Waals surface area contributed by atoms with E-state index in [9.17, 15) is 9.18 Å². The summed E-state index contributed by atoms with van der Waals surface area (Å²) in [6.45, 7) is 5.92. The number of halogens is 1. The van der Waals surface area contributed by atoms with E-state index < -0.39 is 0 Å². The van der Waals surface area contributed by atoms with Gasteiger partial charge in [0.1, 0.15) is 5.82 Å². The predicted octanol–water partition coefficient (Wildman–Crippen LogP) is 4.18. The van der Waals surface area contributed by atoms with Crippen molar-refractivity contribution in [3.63, 3.8) is 0 Å². The van der Waals surface area contributed by atoms with Crippen molar-refractivity contribution >= 4 is 5.78 Å². The van der Waals surface area contributed by atoms with Crippen molar-refractivity contribution in [1.82, 2.24) is 0 Å². The van der Waals surface area contributed by atoms with Crippen LogP contribution < -0.4 is 0 Å². The SMILES string of the molecule is Cc1cc(C)c(C(=O)Cc2ccccc2F)cc1C. The average molecular weight is 256 g/mol. The maximum atomic E-state index is 13.6. The highest BCUT2D eigenvalue weighted by atomic mass is 19.1. The molecule has 2 heteroatoms. The monoisotopic (exact) mass is 256 g/mol. The van der Waals surface area contributed by atoms with Gasteiger partial charge in [-0.1, -0.05) is 24.3 Å². The Morgan fingerprint density at radius 2 is 1.63 bits per heavy atom. The fourth-order valence-corrected chi connectivity index (χ4v) is 2.17. The van der Waals surface area contributed by atoms with Crippen molar-refractivity contribution < 1.29 is 9.18 Å². The van der Waals surface area contributed by atoms with Crippen molar-refractivity contribution in [2.75, 3.05) is 0 Å². The van der Waals surface area contributed by atoms with E-state index >= 15 is 0 Å². The number of aryl methyl sites for hydroxylation is 3. The zero-order chi connectivity index (χ0) is 14.0. The highest BCUT2D eigenvalue weighted by molar-refractivity contribution is 5.99. The van der Waals surface area contributed by atoms with Crippen LogP contribution in [0.3, 0.4) is 0 Å². The van der Waals surface area contributed by atoms with Crippen LogP contribution in [0.5, 0.6) is 0 Å². The summed E-state index contributed by atoms with van der Waals surface area (Å²) in [7, 11) is 0. The van der Waals surface area contributed by atoms with Crippen LogP contribution in [0.4, 0.5) is 4.39 Å². The summed E-state index contributed by atoms with van der Waals surface area (Å²) < 4.78 is 13.6. The Balaban J connectivity index is 2.31. The Labute approximate surface area is 113 Å². The third-order valence-corrected chi connectivity index (χ3v) is 3.45. The van der Waals surface area contributed by atoms with Crippen molar-refractivity contribution in [3.05, 3.63) is 70.0 Å². The molecule has 0 fully saturated rings. The van der Waals surface area contributed by atoms with E-state index in [1.165, 1.54) is 11.6 Å². The lowest BCUT2D eigenvalue weighted by Crippen LogP contribution is -2.08. The molecule has 98 valence electrons. The molecule has 0 amide bonds. The number of hydrogen-bond donors (Lipinski definition) is 0. The summed E-state index contributed by atoms with van der Waals surface area (Å²) in [5, 5.41) is 0. The fraction of sp³-hybridized carbons (Fsp3) is 0.235. The normalized spacial score (nSPS) is 10.5.